The normalized spacial score (nSPS) is 15.7. The van der Waals surface area contributed by atoms with Crippen molar-refractivity contribution in [3.63, 3.8) is 0 Å². The van der Waals surface area contributed by atoms with Gasteiger partial charge < -0.3 is 10.0 Å². The Balaban J connectivity index is 2.16. The topological polar surface area (TPSA) is 23.5 Å². The molecule has 1 aliphatic rings. The smallest absolute Gasteiger partial charge is 0.0684 e. The molecule has 0 radical (unpaired) electrons. The van der Waals surface area contributed by atoms with E-state index in [4.69, 9.17) is 28.3 Å². The van der Waals surface area contributed by atoms with Crippen LogP contribution in [0.5, 0.6) is 0 Å². The highest BCUT2D eigenvalue weighted by molar-refractivity contribution is 8.03. The fraction of sp³-hybridized carbons (Fsp3) is 0.385. The average Bonchev–Trinajstić information content (AvgIpc) is 2.67. The fourth-order valence-electron chi connectivity index (χ4n) is 1.93. The highest BCUT2D eigenvalue weighted by Gasteiger charge is 2.20. The van der Waals surface area contributed by atoms with Crippen LogP contribution in [0.3, 0.4) is 0 Å². The number of hydrogen-bond acceptors (Lipinski definition) is 3. The third-order valence-corrected chi connectivity index (χ3v) is 5.02. The van der Waals surface area contributed by atoms with Crippen LogP contribution in [0.15, 0.2) is 28.8 Å². The molecule has 0 fully saturated rings. The molecule has 0 spiro atoms. The predicted molar refractivity (Wildman–Crippen MR) is 78.9 cm³/mol. The van der Waals surface area contributed by atoms with E-state index in [1.165, 1.54) is 10.6 Å². The number of nitrogens with zero attached hydrogens (tertiary/aromatic N) is 1. The fourth-order valence-corrected chi connectivity index (χ4v) is 3.61. The zero-order valence-electron chi connectivity index (χ0n) is 10.1. The van der Waals surface area contributed by atoms with E-state index in [1.54, 1.807) is 11.8 Å². The van der Waals surface area contributed by atoms with Crippen LogP contribution < -0.4 is 0 Å². The van der Waals surface area contributed by atoms with Crippen LogP contribution in [0.4, 0.5) is 0 Å². The van der Waals surface area contributed by atoms with Gasteiger partial charge in [-0.1, -0.05) is 29.3 Å². The molecule has 2 nitrogen and oxygen atoms in total. The van der Waals surface area contributed by atoms with Gasteiger partial charge in [0.05, 0.1) is 5.88 Å². The van der Waals surface area contributed by atoms with Crippen LogP contribution in [-0.2, 0) is 6.54 Å². The molecule has 5 heteroatoms. The summed E-state index contributed by atoms with van der Waals surface area (Å²) < 4.78 is 0. The van der Waals surface area contributed by atoms with Crippen molar-refractivity contribution >= 4 is 35.0 Å². The van der Waals surface area contributed by atoms with E-state index >= 15 is 0 Å². The standard InChI is InChI=1S/C13H15Cl2NOS/c1-9-13(5-6-17)18-8-16(9)7-10-11(14)3-2-4-12(10)15/h2-4,17H,5-8H2,1H3. The SMILES string of the molecule is CC1=C(CCO)SCN1Cc1c(Cl)cccc1Cl. The quantitative estimate of drug-likeness (QED) is 0.905. The summed E-state index contributed by atoms with van der Waals surface area (Å²) in [5, 5.41) is 10.4. The molecule has 0 unspecified atom stereocenters. The van der Waals surface area contributed by atoms with Crippen LogP contribution in [-0.4, -0.2) is 22.5 Å². The molecule has 0 aromatic heterocycles. The molecule has 0 saturated heterocycles. The van der Waals surface area contributed by atoms with E-state index in [2.05, 4.69) is 11.8 Å². The monoisotopic (exact) mass is 303 g/mol. The van der Waals surface area contributed by atoms with Gasteiger partial charge in [-0.15, -0.1) is 11.8 Å². The Labute approximate surface area is 122 Å². The lowest BCUT2D eigenvalue weighted by Crippen LogP contribution is -2.17. The van der Waals surface area contributed by atoms with Crippen molar-refractivity contribution in [2.75, 3.05) is 12.5 Å². The summed E-state index contributed by atoms with van der Waals surface area (Å²) in [6.45, 7) is 2.99. The molecule has 0 amide bonds. The van der Waals surface area contributed by atoms with E-state index in [-0.39, 0.29) is 6.61 Å². The first-order chi connectivity index (χ1) is 8.63. The van der Waals surface area contributed by atoms with E-state index in [0.717, 1.165) is 17.9 Å². The number of hydrogen-bond donors (Lipinski definition) is 1. The molecule has 0 atom stereocenters. The van der Waals surface area contributed by atoms with Gasteiger partial charge in [-0.3, -0.25) is 0 Å². The van der Waals surface area contributed by atoms with Gasteiger partial charge in [0.25, 0.3) is 0 Å². The van der Waals surface area contributed by atoms with Crippen LogP contribution in [0.25, 0.3) is 0 Å². The van der Waals surface area contributed by atoms with Crippen LogP contribution in [0, 0.1) is 0 Å². The average molecular weight is 304 g/mol. The van der Waals surface area contributed by atoms with Crippen molar-refractivity contribution < 1.29 is 5.11 Å². The molecule has 18 heavy (non-hydrogen) atoms. The highest BCUT2D eigenvalue weighted by atomic mass is 35.5. The van der Waals surface area contributed by atoms with Gasteiger partial charge in [-0.2, -0.15) is 0 Å². The lowest BCUT2D eigenvalue weighted by molar-refractivity contribution is 0.300. The van der Waals surface area contributed by atoms with E-state index in [0.29, 0.717) is 16.6 Å². The van der Waals surface area contributed by atoms with Gasteiger partial charge in [-0.25, -0.2) is 0 Å². The minimum atomic E-state index is 0.195. The lowest BCUT2D eigenvalue weighted by atomic mass is 10.2. The molecular formula is C13H15Cl2NOS. The minimum Gasteiger partial charge on any atom is -0.396 e. The molecule has 1 aliphatic heterocycles. The van der Waals surface area contributed by atoms with Crippen LogP contribution in [0.1, 0.15) is 18.9 Å². The number of benzene rings is 1. The molecule has 1 heterocycles. The predicted octanol–water partition coefficient (Wildman–Crippen LogP) is 4.11. The maximum absolute atomic E-state index is 9.00. The summed E-state index contributed by atoms with van der Waals surface area (Å²) in [6, 6.07) is 5.58. The maximum Gasteiger partial charge on any atom is 0.0684 e. The Hall–Kier alpha value is -0.350. The highest BCUT2D eigenvalue weighted by Crippen LogP contribution is 2.36. The number of halogens is 2. The molecule has 2 rings (SSSR count). The summed E-state index contributed by atoms with van der Waals surface area (Å²) in [6.07, 6.45) is 0.725. The summed E-state index contributed by atoms with van der Waals surface area (Å²) in [7, 11) is 0. The van der Waals surface area contributed by atoms with Gasteiger partial charge in [0.2, 0.25) is 0 Å². The van der Waals surface area contributed by atoms with Gasteiger partial charge in [0, 0.05) is 45.8 Å². The Morgan fingerprint density at radius 1 is 1.33 bits per heavy atom. The Kier molecular flexibility index (Phi) is 4.84. The molecular weight excluding hydrogens is 289 g/mol. The Bertz CT molecular complexity index is 456. The molecule has 1 N–H and O–H groups in total. The van der Waals surface area contributed by atoms with Crippen LogP contribution >= 0.6 is 35.0 Å². The van der Waals surface area contributed by atoms with Crippen molar-refractivity contribution in [1.29, 1.82) is 0 Å². The molecule has 0 saturated carbocycles. The Morgan fingerprint density at radius 2 is 2.00 bits per heavy atom. The molecule has 1 aromatic rings. The van der Waals surface area contributed by atoms with Gasteiger partial charge in [0.1, 0.15) is 0 Å². The maximum atomic E-state index is 9.00. The van der Waals surface area contributed by atoms with E-state index < -0.39 is 0 Å². The number of aliphatic hydroxyl groups is 1. The van der Waals surface area contributed by atoms with Crippen molar-refractivity contribution in [2.24, 2.45) is 0 Å². The summed E-state index contributed by atoms with van der Waals surface area (Å²) >= 11 is 14.1. The Morgan fingerprint density at radius 3 is 2.61 bits per heavy atom. The van der Waals surface area contributed by atoms with E-state index in [1.807, 2.05) is 18.2 Å². The molecule has 0 bridgehead atoms. The van der Waals surface area contributed by atoms with Crippen molar-refractivity contribution in [3.8, 4) is 0 Å². The van der Waals surface area contributed by atoms with Gasteiger partial charge >= 0.3 is 0 Å². The largest absolute Gasteiger partial charge is 0.396 e. The van der Waals surface area contributed by atoms with Crippen molar-refractivity contribution in [2.45, 2.75) is 19.9 Å². The second-order valence-electron chi connectivity index (χ2n) is 4.15. The molecule has 0 aliphatic carbocycles. The van der Waals surface area contributed by atoms with Gasteiger partial charge in [0.15, 0.2) is 0 Å². The number of rotatable bonds is 4. The molecule has 1 aromatic carbocycles. The van der Waals surface area contributed by atoms with E-state index in [9.17, 15) is 0 Å². The zero-order valence-corrected chi connectivity index (χ0v) is 12.4. The van der Waals surface area contributed by atoms with Crippen molar-refractivity contribution in [3.05, 3.63) is 44.4 Å². The summed E-state index contributed by atoms with van der Waals surface area (Å²) in [5.41, 5.74) is 2.18. The number of thioether (sulfide) groups is 1. The lowest BCUT2D eigenvalue weighted by Gasteiger charge is -2.20. The van der Waals surface area contributed by atoms with Crippen LogP contribution in [0.2, 0.25) is 10.0 Å². The third-order valence-electron chi connectivity index (χ3n) is 3.02. The first-order valence-electron chi connectivity index (χ1n) is 5.74. The third kappa shape index (κ3) is 2.97. The summed E-state index contributed by atoms with van der Waals surface area (Å²) in [4.78, 5) is 3.49. The number of aliphatic hydroxyl groups excluding tert-OH is 1. The van der Waals surface area contributed by atoms with Crippen molar-refractivity contribution in [1.82, 2.24) is 4.90 Å². The first-order valence-corrected chi connectivity index (χ1v) is 7.49. The zero-order chi connectivity index (χ0) is 13.1. The molecule has 98 valence electrons. The first kappa shape index (κ1) is 14.1. The minimum absolute atomic E-state index is 0.195. The second-order valence-corrected chi connectivity index (χ2v) is 6.01. The summed E-state index contributed by atoms with van der Waals surface area (Å²) in [5.74, 6) is 0.892. The van der Waals surface area contributed by atoms with Gasteiger partial charge in [-0.05, 0) is 19.1 Å². The second kappa shape index (κ2) is 6.20. The number of allylic oxidation sites excluding steroid dienone is 1.